The summed E-state index contributed by atoms with van der Waals surface area (Å²) in [6.07, 6.45) is 9.30. The summed E-state index contributed by atoms with van der Waals surface area (Å²) in [6, 6.07) is 3.83. The van der Waals surface area contributed by atoms with Gasteiger partial charge in [0.2, 0.25) is 0 Å². The van der Waals surface area contributed by atoms with Crippen LogP contribution < -0.4 is 4.74 Å². The molecule has 3 nitrogen and oxygen atoms in total. The molecule has 0 unspecified atom stereocenters. The number of aromatic hydroxyl groups is 1. The van der Waals surface area contributed by atoms with Gasteiger partial charge in [0.25, 0.3) is 0 Å². The fourth-order valence-electron chi connectivity index (χ4n) is 4.12. The van der Waals surface area contributed by atoms with Crippen LogP contribution in [0.25, 0.3) is 0 Å². The molecule has 0 aromatic heterocycles. The van der Waals surface area contributed by atoms with Crippen LogP contribution in [0, 0.1) is 5.92 Å². The molecular weight excluding hydrogens is 404 g/mol. The van der Waals surface area contributed by atoms with Gasteiger partial charge in [0.15, 0.2) is 0 Å². The number of ether oxygens (including phenoxy) is 1. The van der Waals surface area contributed by atoms with Crippen molar-refractivity contribution in [3.8, 4) is 11.5 Å². The van der Waals surface area contributed by atoms with Crippen molar-refractivity contribution in [3.63, 3.8) is 0 Å². The molecule has 0 saturated heterocycles. The number of allylic oxidation sites excluding steroid dienone is 3. The first-order valence-electron chi connectivity index (χ1n) is 11.7. The molecule has 0 radical (unpaired) electrons. The first-order chi connectivity index (χ1) is 14.6. The summed E-state index contributed by atoms with van der Waals surface area (Å²) < 4.78 is 5.74. The van der Waals surface area contributed by atoms with Crippen molar-refractivity contribution in [2.24, 2.45) is 5.92 Å². The highest BCUT2D eigenvalue weighted by Crippen LogP contribution is 2.47. The predicted molar refractivity (Wildman–Crippen MR) is 133 cm³/mol. The van der Waals surface area contributed by atoms with E-state index < -0.39 is 0 Å². The van der Waals surface area contributed by atoms with Gasteiger partial charge in [-0.2, -0.15) is 0 Å². The lowest BCUT2D eigenvalue weighted by atomic mass is 9.73. The lowest BCUT2D eigenvalue weighted by Crippen LogP contribution is -2.20. The maximum atomic E-state index is 12.8. The SMILES string of the molecule is C=C(C)[C@@H]1CCC(C)=C[C@H]1c1c(O)cc(CCCCC)cc1OC(=O)SC(C)(C)CC. The normalized spacial score (nSPS) is 19.1. The summed E-state index contributed by atoms with van der Waals surface area (Å²) in [5.41, 5.74) is 4.13. The first kappa shape index (κ1) is 25.6. The number of hydrogen-bond donors (Lipinski definition) is 1. The fourth-order valence-corrected chi connectivity index (χ4v) is 4.85. The predicted octanol–water partition coefficient (Wildman–Crippen LogP) is 8.56. The monoisotopic (exact) mass is 444 g/mol. The molecule has 0 spiro atoms. The minimum absolute atomic E-state index is 0.0390. The van der Waals surface area contributed by atoms with Gasteiger partial charge in [-0.05, 0) is 81.3 Å². The van der Waals surface area contributed by atoms with Crippen LogP contribution in [0.5, 0.6) is 11.5 Å². The van der Waals surface area contributed by atoms with Gasteiger partial charge >= 0.3 is 5.30 Å². The van der Waals surface area contributed by atoms with Crippen LogP contribution >= 0.6 is 11.8 Å². The molecule has 0 saturated carbocycles. The number of hydrogen-bond acceptors (Lipinski definition) is 4. The van der Waals surface area contributed by atoms with Gasteiger partial charge in [0.1, 0.15) is 11.5 Å². The Hall–Kier alpha value is -1.68. The van der Waals surface area contributed by atoms with Gasteiger partial charge in [0.05, 0.1) is 0 Å². The number of unbranched alkanes of at least 4 members (excludes halogenated alkanes) is 2. The van der Waals surface area contributed by atoms with E-state index >= 15 is 0 Å². The molecule has 1 aromatic rings. The second kappa shape index (κ2) is 11.3. The molecule has 31 heavy (non-hydrogen) atoms. The Morgan fingerprint density at radius 3 is 2.61 bits per heavy atom. The Balaban J connectivity index is 2.48. The van der Waals surface area contributed by atoms with Crippen LogP contribution in [0.4, 0.5) is 4.79 Å². The third-order valence-corrected chi connectivity index (χ3v) is 7.46. The van der Waals surface area contributed by atoms with Crippen molar-refractivity contribution >= 4 is 17.1 Å². The number of thioether (sulfide) groups is 1. The molecule has 0 amide bonds. The van der Waals surface area contributed by atoms with Gasteiger partial charge in [0, 0.05) is 16.2 Å². The molecular formula is C27H40O3S. The van der Waals surface area contributed by atoms with Gasteiger partial charge in [-0.3, -0.25) is 0 Å². The van der Waals surface area contributed by atoms with Crippen molar-refractivity contribution in [2.75, 3.05) is 0 Å². The Morgan fingerprint density at radius 2 is 2.00 bits per heavy atom. The van der Waals surface area contributed by atoms with E-state index in [4.69, 9.17) is 4.74 Å². The topological polar surface area (TPSA) is 46.5 Å². The molecule has 4 heteroatoms. The number of phenolic OH excluding ortho intramolecular Hbond substituents is 1. The molecule has 172 valence electrons. The van der Waals surface area contributed by atoms with Gasteiger partial charge in [-0.1, -0.05) is 64.3 Å². The Labute approximate surface area is 193 Å². The van der Waals surface area contributed by atoms with Crippen molar-refractivity contribution in [1.29, 1.82) is 0 Å². The summed E-state index contributed by atoms with van der Waals surface area (Å²) in [7, 11) is 0. The second-order valence-corrected chi connectivity index (χ2v) is 11.2. The van der Waals surface area contributed by atoms with E-state index in [2.05, 4.69) is 33.4 Å². The Morgan fingerprint density at radius 1 is 1.29 bits per heavy atom. The standard InChI is InChI=1S/C27H40O3S/c1-8-10-11-12-20-16-23(28)25(22-15-19(5)13-14-21(22)18(3)4)24(17-20)30-26(29)31-27(6,7)9-2/h15-17,21-22,28H,3,8-14H2,1-2,4-7H3/t21-,22+/m0/s1. The van der Waals surface area contributed by atoms with Crippen LogP contribution in [0.3, 0.4) is 0 Å². The first-order valence-corrected chi connectivity index (χ1v) is 12.5. The third-order valence-electron chi connectivity index (χ3n) is 6.37. The van der Waals surface area contributed by atoms with Crippen LogP contribution in [-0.4, -0.2) is 15.2 Å². The molecule has 2 rings (SSSR count). The molecule has 0 fully saturated rings. The largest absolute Gasteiger partial charge is 0.507 e. The average molecular weight is 445 g/mol. The summed E-state index contributed by atoms with van der Waals surface area (Å²) in [5, 5.41) is 10.8. The number of aryl methyl sites for hydroxylation is 1. The molecule has 0 aliphatic heterocycles. The molecule has 0 bridgehead atoms. The van der Waals surface area contributed by atoms with E-state index in [1.54, 1.807) is 0 Å². The van der Waals surface area contributed by atoms with E-state index in [1.165, 1.54) is 17.3 Å². The van der Waals surface area contributed by atoms with Gasteiger partial charge in [-0.15, -0.1) is 0 Å². The molecule has 1 N–H and O–H groups in total. The number of carbonyl (C=O) groups excluding carboxylic acids is 1. The lowest BCUT2D eigenvalue weighted by molar-refractivity contribution is 0.225. The van der Waals surface area contributed by atoms with Crippen molar-refractivity contribution in [2.45, 2.75) is 97.2 Å². The zero-order valence-corrected chi connectivity index (χ0v) is 21.0. The summed E-state index contributed by atoms with van der Waals surface area (Å²) in [6.45, 7) is 16.7. The number of carbonyl (C=O) groups is 1. The van der Waals surface area contributed by atoms with Crippen LogP contribution in [0.15, 0.2) is 35.9 Å². The van der Waals surface area contributed by atoms with Crippen LogP contribution in [-0.2, 0) is 6.42 Å². The number of phenols is 1. The molecule has 0 heterocycles. The number of benzene rings is 1. The fraction of sp³-hybridized carbons (Fsp3) is 0.593. The Bertz CT molecular complexity index is 822. The minimum atomic E-state index is -0.318. The van der Waals surface area contributed by atoms with Gasteiger partial charge in [-0.25, -0.2) is 4.79 Å². The van der Waals surface area contributed by atoms with E-state index in [9.17, 15) is 9.90 Å². The minimum Gasteiger partial charge on any atom is -0.507 e. The van der Waals surface area contributed by atoms with E-state index in [0.29, 0.717) is 5.75 Å². The zero-order valence-electron chi connectivity index (χ0n) is 20.2. The van der Waals surface area contributed by atoms with Crippen molar-refractivity contribution in [1.82, 2.24) is 0 Å². The average Bonchev–Trinajstić information content (AvgIpc) is 2.67. The molecule has 1 aliphatic rings. The van der Waals surface area contributed by atoms with Crippen molar-refractivity contribution < 1.29 is 14.6 Å². The maximum Gasteiger partial charge on any atom is 0.373 e. The van der Waals surface area contributed by atoms with Crippen molar-refractivity contribution in [3.05, 3.63) is 47.1 Å². The summed E-state index contributed by atoms with van der Waals surface area (Å²) in [4.78, 5) is 12.8. The van der Waals surface area contributed by atoms with E-state index in [0.717, 1.165) is 61.6 Å². The highest BCUT2D eigenvalue weighted by Gasteiger charge is 2.32. The second-order valence-electron chi connectivity index (χ2n) is 9.58. The highest BCUT2D eigenvalue weighted by atomic mass is 32.2. The molecule has 1 aliphatic carbocycles. The lowest BCUT2D eigenvalue weighted by Gasteiger charge is -2.32. The highest BCUT2D eigenvalue weighted by molar-refractivity contribution is 8.14. The maximum absolute atomic E-state index is 12.8. The molecule has 2 atom stereocenters. The van der Waals surface area contributed by atoms with E-state index in [-0.39, 0.29) is 27.6 Å². The third kappa shape index (κ3) is 7.17. The molecule has 1 aromatic carbocycles. The zero-order chi connectivity index (χ0) is 23.2. The van der Waals surface area contributed by atoms with Crippen LogP contribution in [0.1, 0.15) is 97.1 Å². The quantitative estimate of drug-likeness (QED) is 0.235. The number of rotatable bonds is 9. The summed E-state index contributed by atoms with van der Waals surface area (Å²) >= 11 is 1.22. The summed E-state index contributed by atoms with van der Waals surface area (Å²) in [5.74, 6) is 0.900. The Kier molecular flexibility index (Phi) is 9.29. The van der Waals surface area contributed by atoms with Gasteiger partial charge < -0.3 is 9.84 Å². The van der Waals surface area contributed by atoms with E-state index in [1.807, 2.05) is 32.9 Å². The smallest absolute Gasteiger partial charge is 0.373 e. The van der Waals surface area contributed by atoms with Crippen LogP contribution in [0.2, 0.25) is 0 Å².